The Morgan fingerprint density at radius 1 is 1.50 bits per heavy atom. The van der Waals surface area contributed by atoms with E-state index < -0.39 is 0 Å². The molecule has 0 saturated heterocycles. The molecular formula is C13H16N2OS2. The van der Waals surface area contributed by atoms with Crippen LogP contribution in [0, 0.1) is 6.92 Å². The van der Waals surface area contributed by atoms with Crippen LogP contribution in [-0.2, 0) is 12.8 Å². The molecule has 2 heterocycles. The van der Waals surface area contributed by atoms with E-state index in [9.17, 15) is 4.79 Å². The van der Waals surface area contributed by atoms with Crippen LogP contribution in [0.25, 0.3) is 0 Å². The fraction of sp³-hybridized carbons (Fsp3) is 0.385. The van der Waals surface area contributed by atoms with Crippen molar-refractivity contribution >= 4 is 23.1 Å². The van der Waals surface area contributed by atoms with E-state index in [1.165, 1.54) is 22.2 Å². The van der Waals surface area contributed by atoms with E-state index >= 15 is 0 Å². The zero-order valence-electron chi connectivity index (χ0n) is 10.7. The highest BCUT2D eigenvalue weighted by Gasteiger charge is 2.12. The number of thioether (sulfide) groups is 1. The molecule has 0 spiro atoms. The number of H-pyrrole nitrogens is 1. The van der Waals surface area contributed by atoms with Crippen LogP contribution in [0.3, 0.4) is 0 Å². The van der Waals surface area contributed by atoms with Gasteiger partial charge < -0.3 is 4.98 Å². The molecule has 0 bridgehead atoms. The minimum Gasteiger partial charge on any atom is -0.301 e. The molecule has 1 N–H and O–H groups in total. The molecular weight excluding hydrogens is 264 g/mol. The van der Waals surface area contributed by atoms with Crippen molar-refractivity contribution < 1.29 is 0 Å². The van der Waals surface area contributed by atoms with Gasteiger partial charge in [0.1, 0.15) is 0 Å². The fourth-order valence-electron chi connectivity index (χ4n) is 1.84. The first-order chi connectivity index (χ1) is 8.65. The van der Waals surface area contributed by atoms with Gasteiger partial charge in [0, 0.05) is 16.9 Å². The summed E-state index contributed by atoms with van der Waals surface area (Å²) < 4.78 is 0. The number of hydrogen-bond acceptors (Lipinski definition) is 4. The zero-order chi connectivity index (χ0) is 13.1. The van der Waals surface area contributed by atoms with Crippen molar-refractivity contribution in [3.63, 3.8) is 0 Å². The first-order valence-corrected chi connectivity index (χ1v) is 7.95. The second-order valence-electron chi connectivity index (χ2n) is 4.06. The molecule has 0 fully saturated rings. The van der Waals surface area contributed by atoms with E-state index in [0.717, 1.165) is 17.7 Å². The zero-order valence-corrected chi connectivity index (χ0v) is 12.4. The van der Waals surface area contributed by atoms with Crippen molar-refractivity contribution in [2.45, 2.75) is 31.8 Å². The summed E-state index contributed by atoms with van der Waals surface area (Å²) in [4.78, 5) is 20.7. The molecule has 3 nitrogen and oxygen atoms in total. The molecule has 0 saturated carbocycles. The molecule has 0 aliphatic heterocycles. The Labute approximate surface area is 115 Å². The number of nitrogens with one attached hydrogen (secondary N) is 1. The lowest BCUT2D eigenvalue weighted by molar-refractivity contribution is 0.835. The van der Waals surface area contributed by atoms with Crippen LogP contribution in [0.1, 0.15) is 28.6 Å². The predicted molar refractivity (Wildman–Crippen MR) is 77.9 cm³/mol. The maximum absolute atomic E-state index is 12.1. The normalized spacial score (nSPS) is 10.8. The largest absolute Gasteiger partial charge is 0.301 e. The molecule has 96 valence electrons. The second kappa shape index (κ2) is 5.71. The summed E-state index contributed by atoms with van der Waals surface area (Å²) in [6, 6.07) is 2.09. The summed E-state index contributed by atoms with van der Waals surface area (Å²) >= 11 is 3.16. The van der Waals surface area contributed by atoms with Crippen molar-refractivity contribution in [2.24, 2.45) is 0 Å². The van der Waals surface area contributed by atoms with Crippen LogP contribution in [-0.4, -0.2) is 16.2 Å². The number of thiophene rings is 1. The molecule has 5 heteroatoms. The molecule has 0 aromatic carbocycles. The van der Waals surface area contributed by atoms with E-state index in [1.807, 2.05) is 13.2 Å². The number of hydrogen-bond donors (Lipinski definition) is 1. The van der Waals surface area contributed by atoms with E-state index in [-0.39, 0.29) is 5.56 Å². The molecule has 0 radical (unpaired) electrons. The monoisotopic (exact) mass is 280 g/mol. The van der Waals surface area contributed by atoms with Crippen LogP contribution >= 0.6 is 23.1 Å². The number of aromatic nitrogens is 2. The Hall–Kier alpha value is -1.07. The van der Waals surface area contributed by atoms with E-state index in [4.69, 9.17) is 0 Å². The van der Waals surface area contributed by atoms with Gasteiger partial charge in [0.05, 0.1) is 5.69 Å². The number of nitrogens with zero attached hydrogens (tertiary/aromatic N) is 1. The van der Waals surface area contributed by atoms with Crippen LogP contribution < -0.4 is 5.56 Å². The highest BCUT2D eigenvalue weighted by molar-refractivity contribution is 7.98. The molecule has 0 unspecified atom stereocenters. The summed E-state index contributed by atoms with van der Waals surface area (Å²) in [6.07, 6.45) is 3.39. The predicted octanol–water partition coefficient (Wildman–Crippen LogP) is 3.01. The van der Waals surface area contributed by atoms with Crippen LogP contribution in [0.2, 0.25) is 0 Å². The number of aryl methyl sites for hydroxylation is 2. The van der Waals surface area contributed by atoms with Crippen LogP contribution in [0.4, 0.5) is 0 Å². The van der Waals surface area contributed by atoms with Crippen molar-refractivity contribution in [2.75, 3.05) is 6.26 Å². The highest BCUT2D eigenvalue weighted by Crippen LogP contribution is 2.20. The van der Waals surface area contributed by atoms with Crippen molar-refractivity contribution in [1.29, 1.82) is 0 Å². The first kappa shape index (κ1) is 13.4. The van der Waals surface area contributed by atoms with Gasteiger partial charge in [-0.25, -0.2) is 4.98 Å². The third kappa shape index (κ3) is 2.67. The lowest BCUT2D eigenvalue weighted by Crippen LogP contribution is -2.18. The minimum absolute atomic E-state index is 0.000926. The molecule has 2 rings (SSSR count). The maximum atomic E-state index is 12.1. The van der Waals surface area contributed by atoms with E-state index in [0.29, 0.717) is 11.6 Å². The van der Waals surface area contributed by atoms with Gasteiger partial charge >= 0.3 is 0 Å². The molecule has 18 heavy (non-hydrogen) atoms. The summed E-state index contributed by atoms with van der Waals surface area (Å²) in [5.74, 6) is 0. The van der Waals surface area contributed by atoms with Gasteiger partial charge in [0.15, 0.2) is 5.16 Å². The Morgan fingerprint density at radius 3 is 2.83 bits per heavy atom. The lowest BCUT2D eigenvalue weighted by atomic mass is 10.1. The van der Waals surface area contributed by atoms with Crippen LogP contribution in [0.15, 0.2) is 21.4 Å². The molecule has 2 aromatic heterocycles. The molecule has 0 amide bonds. The number of rotatable bonds is 4. The van der Waals surface area contributed by atoms with Gasteiger partial charge in [0.2, 0.25) is 0 Å². The minimum atomic E-state index is -0.000926. The molecule has 0 atom stereocenters. The van der Waals surface area contributed by atoms with E-state index in [2.05, 4.69) is 28.3 Å². The summed E-state index contributed by atoms with van der Waals surface area (Å²) in [6.45, 7) is 4.12. The van der Waals surface area contributed by atoms with Gasteiger partial charge in [-0.3, -0.25) is 4.79 Å². The molecule has 2 aromatic rings. The maximum Gasteiger partial charge on any atom is 0.255 e. The highest BCUT2D eigenvalue weighted by atomic mass is 32.2. The van der Waals surface area contributed by atoms with Crippen molar-refractivity contribution in [3.8, 4) is 0 Å². The van der Waals surface area contributed by atoms with Gasteiger partial charge in [-0.2, -0.15) is 0 Å². The van der Waals surface area contributed by atoms with Crippen molar-refractivity contribution in [1.82, 2.24) is 9.97 Å². The smallest absolute Gasteiger partial charge is 0.255 e. The quantitative estimate of drug-likeness (QED) is 0.691. The third-order valence-corrected chi connectivity index (χ3v) is 4.52. The summed E-state index contributed by atoms with van der Waals surface area (Å²) in [7, 11) is 0. The Morgan fingerprint density at radius 2 is 2.28 bits per heavy atom. The third-order valence-electron chi connectivity index (χ3n) is 2.91. The van der Waals surface area contributed by atoms with E-state index in [1.54, 1.807) is 11.3 Å². The molecule has 0 aliphatic carbocycles. The second-order valence-corrected chi connectivity index (χ2v) is 5.85. The fourth-order valence-corrected chi connectivity index (χ4v) is 3.15. The average molecular weight is 280 g/mol. The SMILES string of the molecule is CCc1nc(SC)[nH]c(=O)c1Cc1sccc1C. The van der Waals surface area contributed by atoms with Gasteiger partial charge in [-0.1, -0.05) is 18.7 Å². The standard InChI is InChI=1S/C13H16N2OS2/c1-4-10-9(7-11-8(2)5-6-18-11)12(16)15-13(14-10)17-3/h5-6H,4,7H2,1-3H3,(H,14,15,16). The Balaban J connectivity index is 2.44. The van der Waals surface area contributed by atoms with Crippen LogP contribution in [0.5, 0.6) is 0 Å². The molecule has 0 aliphatic rings. The summed E-state index contributed by atoms with van der Waals surface area (Å²) in [5.41, 5.74) is 2.96. The Kier molecular flexibility index (Phi) is 4.24. The topological polar surface area (TPSA) is 45.8 Å². The summed E-state index contributed by atoms with van der Waals surface area (Å²) in [5, 5.41) is 2.76. The van der Waals surface area contributed by atoms with Crippen molar-refractivity contribution in [3.05, 3.63) is 43.5 Å². The van der Waals surface area contributed by atoms with Gasteiger partial charge in [-0.15, -0.1) is 11.3 Å². The van der Waals surface area contributed by atoms with Gasteiger partial charge in [0.25, 0.3) is 5.56 Å². The van der Waals surface area contributed by atoms with Gasteiger partial charge in [-0.05, 0) is 36.6 Å². The average Bonchev–Trinajstić information content (AvgIpc) is 2.77. The lowest BCUT2D eigenvalue weighted by Gasteiger charge is -2.07. The number of aromatic amines is 1. The Bertz CT molecular complexity index is 601. The first-order valence-electron chi connectivity index (χ1n) is 5.84.